The second-order valence-corrected chi connectivity index (χ2v) is 3.41. The van der Waals surface area contributed by atoms with E-state index in [1.807, 2.05) is 18.2 Å². The van der Waals surface area contributed by atoms with E-state index in [0.29, 0.717) is 6.54 Å². The molecule has 1 N–H and O–H groups in total. The number of hydrogen-bond acceptors (Lipinski definition) is 3. The zero-order valence-corrected chi connectivity index (χ0v) is 9.03. The first-order valence-electron chi connectivity index (χ1n) is 5.08. The molecule has 4 nitrogen and oxygen atoms in total. The minimum atomic E-state index is -0.0971. The molecule has 0 saturated heterocycles. The van der Waals surface area contributed by atoms with Gasteiger partial charge in [-0.15, -0.1) is 0 Å². The minimum absolute atomic E-state index is 0.0971. The number of carbonyl (C=O) groups excluding carboxylic acids is 1. The van der Waals surface area contributed by atoms with Gasteiger partial charge in [-0.05, 0) is 30.7 Å². The van der Waals surface area contributed by atoms with E-state index in [9.17, 15) is 4.79 Å². The smallest absolute Gasteiger partial charge is 0.243 e. The van der Waals surface area contributed by atoms with E-state index in [1.54, 1.807) is 13.0 Å². The van der Waals surface area contributed by atoms with E-state index in [-0.39, 0.29) is 12.7 Å². The normalized spacial score (nSPS) is 13.1. The fraction of sp³-hybridized carbons (Fsp3) is 0.250. The number of ether oxygens (including phenoxy) is 2. The predicted molar refractivity (Wildman–Crippen MR) is 59.2 cm³/mol. The fourth-order valence-electron chi connectivity index (χ4n) is 1.45. The lowest BCUT2D eigenvalue weighted by Gasteiger charge is -2.03. The summed E-state index contributed by atoms with van der Waals surface area (Å²) in [5.74, 6) is 1.39. The minimum Gasteiger partial charge on any atom is -0.454 e. The van der Waals surface area contributed by atoms with E-state index >= 15 is 0 Å². The highest BCUT2D eigenvalue weighted by molar-refractivity contribution is 5.87. The van der Waals surface area contributed by atoms with Crippen LogP contribution in [0.1, 0.15) is 12.5 Å². The lowest BCUT2D eigenvalue weighted by molar-refractivity contribution is -0.116. The van der Waals surface area contributed by atoms with Gasteiger partial charge in [0.05, 0.1) is 0 Å². The number of benzene rings is 1. The third-order valence-corrected chi connectivity index (χ3v) is 2.22. The van der Waals surface area contributed by atoms with Crippen LogP contribution in [0.2, 0.25) is 0 Å². The summed E-state index contributed by atoms with van der Waals surface area (Å²) < 4.78 is 10.4. The molecule has 1 aromatic carbocycles. The highest BCUT2D eigenvalue weighted by Gasteiger charge is 2.12. The van der Waals surface area contributed by atoms with Gasteiger partial charge >= 0.3 is 0 Å². The number of hydrogen-bond donors (Lipinski definition) is 1. The molecule has 0 saturated carbocycles. The molecule has 1 heterocycles. The second kappa shape index (κ2) is 4.70. The molecule has 1 aromatic rings. The Kier molecular flexibility index (Phi) is 3.10. The van der Waals surface area contributed by atoms with Crippen LogP contribution < -0.4 is 14.8 Å². The standard InChI is InChI=1S/C12H13NO3/c1-2-3-12(14)13-7-9-4-5-10-11(6-9)16-8-15-10/h2-6H,7-8H2,1H3,(H,13,14). The summed E-state index contributed by atoms with van der Waals surface area (Å²) >= 11 is 0. The predicted octanol–water partition coefficient (Wildman–Crippen LogP) is 1.61. The summed E-state index contributed by atoms with van der Waals surface area (Å²) in [7, 11) is 0. The van der Waals surface area contributed by atoms with Crippen molar-refractivity contribution in [2.45, 2.75) is 13.5 Å². The number of rotatable bonds is 3. The molecule has 84 valence electrons. The summed E-state index contributed by atoms with van der Waals surface area (Å²) in [5, 5.41) is 2.77. The third-order valence-electron chi connectivity index (χ3n) is 2.22. The lowest BCUT2D eigenvalue weighted by atomic mass is 10.2. The molecule has 0 unspecified atom stereocenters. The van der Waals surface area contributed by atoms with Crippen LogP contribution in [0.15, 0.2) is 30.4 Å². The molecule has 0 atom stereocenters. The Morgan fingerprint density at radius 2 is 2.25 bits per heavy atom. The van der Waals surface area contributed by atoms with Gasteiger partial charge < -0.3 is 14.8 Å². The average Bonchev–Trinajstić information content (AvgIpc) is 2.74. The first-order chi connectivity index (χ1) is 7.79. The van der Waals surface area contributed by atoms with Crippen molar-refractivity contribution in [2.75, 3.05) is 6.79 Å². The SMILES string of the molecule is CC=CC(=O)NCc1ccc2c(c1)OCO2. The molecule has 0 bridgehead atoms. The van der Waals surface area contributed by atoms with Gasteiger partial charge in [0.1, 0.15) is 0 Å². The van der Waals surface area contributed by atoms with Crippen LogP contribution in [0.25, 0.3) is 0 Å². The molecule has 0 spiro atoms. The molecule has 4 heteroatoms. The molecular formula is C12H13NO3. The molecule has 0 fully saturated rings. The molecule has 1 amide bonds. The van der Waals surface area contributed by atoms with Crippen LogP contribution in [0.5, 0.6) is 11.5 Å². The highest BCUT2D eigenvalue weighted by Crippen LogP contribution is 2.32. The maximum absolute atomic E-state index is 11.2. The first-order valence-corrected chi connectivity index (χ1v) is 5.08. The van der Waals surface area contributed by atoms with Crippen LogP contribution in [-0.4, -0.2) is 12.7 Å². The largest absolute Gasteiger partial charge is 0.454 e. The van der Waals surface area contributed by atoms with Gasteiger partial charge in [0.15, 0.2) is 11.5 Å². The quantitative estimate of drug-likeness (QED) is 0.785. The van der Waals surface area contributed by atoms with E-state index in [4.69, 9.17) is 9.47 Å². The summed E-state index contributed by atoms with van der Waals surface area (Å²) in [6.07, 6.45) is 3.20. The van der Waals surface area contributed by atoms with Gasteiger partial charge in [-0.3, -0.25) is 4.79 Å². The Bertz CT molecular complexity index is 426. The topological polar surface area (TPSA) is 47.6 Å². The molecule has 2 rings (SSSR count). The molecule has 0 aliphatic carbocycles. The zero-order chi connectivity index (χ0) is 11.4. The van der Waals surface area contributed by atoms with Gasteiger partial charge in [0.2, 0.25) is 12.7 Å². The van der Waals surface area contributed by atoms with Crippen molar-refractivity contribution in [1.29, 1.82) is 0 Å². The van der Waals surface area contributed by atoms with Crippen molar-refractivity contribution >= 4 is 5.91 Å². The maximum Gasteiger partial charge on any atom is 0.243 e. The van der Waals surface area contributed by atoms with Crippen molar-refractivity contribution < 1.29 is 14.3 Å². The fourth-order valence-corrected chi connectivity index (χ4v) is 1.45. The Morgan fingerprint density at radius 1 is 1.44 bits per heavy atom. The Labute approximate surface area is 93.9 Å². The number of allylic oxidation sites excluding steroid dienone is 1. The van der Waals surface area contributed by atoms with Gasteiger partial charge in [-0.2, -0.15) is 0 Å². The molecular weight excluding hydrogens is 206 g/mol. The van der Waals surface area contributed by atoms with E-state index < -0.39 is 0 Å². The number of amides is 1. The van der Waals surface area contributed by atoms with Crippen molar-refractivity contribution in [3.63, 3.8) is 0 Å². The van der Waals surface area contributed by atoms with Gasteiger partial charge in [0.25, 0.3) is 0 Å². The summed E-state index contributed by atoms with van der Waals surface area (Å²) in [6, 6.07) is 5.63. The number of fused-ring (bicyclic) bond motifs is 1. The van der Waals surface area contributed by atoms with Crippen molar-refractivity contribution in [3.8, 4) is 11.5 Å². The maximum atomic E-state index is 11.2. The Morgan fingerprint density at radius 3 is 3.06 bits per heavy atom. The van der Waals surface area contributed by atoms with Gasteiger partial charge in [-0.1, -0.05) is 12.1 Å². The molecule has 1 aliphatic rings. The Hall–Kier alpha value is -1.97. The van der Waals surface area contributed by atoms with Gasteiger partial charge in [0, 0.05) is 6.54 Å². The summed E-state index contributed by atoms with van der Waals surface area (Å²) in [4.78, 5) is 11.2. The van der Waals surface area contributed by atoms with Crippen molar-refractivity contribution in [2.24, 2.45) is 0 Å². The van der Waals surface area contributed by atoms with Crippen molar-refractivity contribution in [1.82, 2.24) is 5.32 Å². The lowest BCUT2D eigenvalue weighted by Crippen LogP contribution is -2.20. The number of nitrogens with one attached hydrogen (secondary N) is 1. The summed E-state index contributed by atoms with van der Waals surface area (Å²) in [6.45, 7) is 2.56. The first kappa shape index (κ1) is 10.5. The molecule has 0 radical (unpaired) electrons. The van der Waals surface area contributed by atoms with Crippen LogP contribution in [-0.2, 0) is 11.3 Å². The third kappa shape index (κ3) is 2.34. The molecule has 0 aromatic heterocycles. The van der Waals surface area contributed by atoms with Crippen LogP contribution in [0, 0.1) is 0 Å². The second-order valence-electron chi connectivity index (χ2n) is 3.41. The van der Waals surface area contributed by atoms with E-state index in [2.05, 4.69) is 5.32 Å². The van der Waals surface area contributed by atoms with Crippen molar-refractivity contribution in [3.05, 3.63) is 35.9 Å². The van der Waals surface area contributed by atoms with Crippen LogP contribution >= 0.6 is 0 Å². The molecule has 1 aliphatic heterocycles. The van der Waals surface area contributed by atoms with E-state index in [0.717, 1.165) is 17.1 Å². The van der Waals surface area contributed by atoms with E-state index in [1.165, 1.54) is 6.08 Å². The van der Waals surface area contributed by atoms with Crippen LogP contribution in [0.4, 0.5) is 0 Å². The van der Waals surface area contributed by atoms with Crippen LogP contribution in [0.3, 0.4) is 0 Å². The zero-order valence-electron chi connectivity index (χ0n) is 9.03. The van der Waals surface area contributed by atoms with Gasteiger partial charge in [-0.25, -0.2) is 0 Å². The Balaban J connectivity index is 1.98. The average molecular weight is 219 g/mol. The highest BCUT2D eigenvalue weighted by atomic mass is 16.7. The number of carbonyl (C=O) groups is 1. The molecule has 16 heavy (non-hydrogen) atoms. The summed E-state index contributed by atoms with van der Waals surface area (Å²) in [5.41, 5.74) is 0.988. The monoisotopic (exact) mass is 219 g/mol.